The van der Waals surface area contributed by atoms with Gasteiger partial charge in [0.2, 0.25) is 5.91 Å². The van der Waals surface area contributed by atoms with Crippen LogP contribution in [0.25, 0.3) is 0 Å². The van der Waals surface area contributed by atoms with Crippen LogP contribution in [0, 0.1) is 17.8 Å². The van der Waals surface area contributed by atoms with Gasteiger partial charge < -0.3 is 10.6 Å². The number of carbonyl (C=O) groups is 1. The van der Waals surface area contributed by atoms with Crippen molar-refractivity contribution in [1.29, 1.82) is 0 Å². The summed E-state index contributed by atoms with van der Waals surface area (Å²) in [6.45, 7) is 9.72. The highest BCUT2D eigenvalue weighted by Crippen LogP contribution is 2.31. The van der Waals surface area contributed by atoms with Gasteiger partial charge in [0.05, 0.1) is 5.92 Å². The van der Waals surface area contributed by atoms with Crippen LogP contribution in [0.2, 0.25) is 0 Å². The molecule has 1 fully saturated rings. The fraction of sp³-hybridized carbons (Fsp3) is 0.923. The highest BCUT2D eigenvalue weighted by Gasteiger charge is 2.32. The Labute approximate surface area is 99.4 Å². The molecular weight excluding hydrogens is 200 g/mol. The summed E-state index contributed by atoms with van der Waals surface area (Å²) >= 11 is 0. The van der Waals surface area contributed by atoms with E-state index in [0.717, 1.165) is 12.5 Å². The Morgan fingerprint density at radius 3 is 2.19 bits per heavy atom. The zero-order valence-electron chi connectivity index (χ0n) is 11.1. The summed E-state index contributed by atoms with van der Waals surface area (Å²) in [5, 5.41) is 0. The second-order valence-corrected chi connectivity index (χ2v) is 5.61. The van der Waals surface area contributed by atoms with Crippen LogP contribution in [0.3, 0.4) is 0 Å². The molecule has 0 spiro atoms. The van der Waals surface area contributed by atoms with Crippen LogP contribution < -0.4 is 5.73 Å². The normalized spacial score (nSPS) is 17.9. The molecule has 1 aliphatic carbocycles. The number of hydrogen-bond acceptors (Lipinski definition) is 2. The van der Waals surface area contributed by atoms with Crippen LogP contribution in [-0.2, 0) is 4.79 Å². The first-order chi connectivity index (χ1) is 7.47. The van der Waals surface area contributed by atoms with Crippen LogP contribution in [0.4, 0.5) is 0 Å². The number of nitrogens with two attached hydrogens (primary N) is 1. The second kappa shape index (κ2) is 5.67. The molecule has 1 atom stereocenters. The standard InChI is InChI=1S/C13H26N2O/c1-9(2)12(7-14)13(16)15(10(3)4)8-11-5-6-11/h9-12H,5-8,14H2,1-4H3. The maximum atomic E-state index is 12.4. The third-order valence-corrected chi connectivity index (χ3v) is 3.43. The molecule has 0 heterocycles. The first kappa shape index (κ1) is 13.5. The Bertz CT molecular complexity index is 234. The molecule has 0 aromatic heterocycles. The Balaban J connectivity index is 2.63. The average molecular weight is 226 g/mol. The quantitative estimate of drug-likeness (QED) is 0.751. The fourth-order valence-corrected chi connectivity index (χ4v) is 2.00. The van der Waals surface area contributed by atoms with Gasteiger partial charge in [-0.05, 0) is 38.5 Å². The van der Waals surface area contributed by atoms with Crippen molar-refractivity contribution in [2.45, 2.75) is 46.6 Å². The number of hydrogen-bond donors (Lipinski definition) is 1. The molecule has 0 bridgehead atoms. The molecule has 94 valence electrons. The molecule has 0 aliphatic heterocycles. The SMILES string of the molecule is CC(C)C(CN)C(=O)N(CC1CC1)C(C)C. The largest absolute Gasteiger partial charge is 0.340 e. The third-order valence-electron chi connectivity index (χ3n) is 3.43. The molecule has 2 N–H and O–H groups in total. The molecule has 1 amide bonds. The summed E-state index contributed by atoms with van der Waals surface area (Å²) < 4.78 is 0. The predicted octanol–water partition coefficient (Wildman–Crippen LogP) is 1.86. The van der Waals surface area contributed by atoms with Crippen LogP contribution in [-0.4, -0.2) is 29.9 Å². The van der Waals surface area contributed by atoms with E-state index in [-0.39, 0.29) is 11.8 Å². The molecule has 16 heavy (non-hydrogen) atoms. The molecule has 0 radical (unpaired) electrons. The highest BCUT2D eigenvalue weighted by atomic mass is 16.2. The predicted molar refractivity (Wildman–Crippen MR) is 67.0 cm³/mol. The summed E-state index contributed by atoms with van der Waals surface area (Å²) in [5.74, 6) is 1.32. The molecule has 0 aromatic carbocycles. The van der Waals surface area contributed by atoms with Gasteiger partial charge in [0, 0.05) is 19.1 Å². The average Bonchev–Trinajstić information content (AvgIpc) is 2.97. The lowest BCUT2D eigenvalue weighted by atomic mass is 9.94. The van der Waals surface area contributed by atoms with Crippen LogP contribution >= 0.6 is 0 Å². The van der Waals surface area contributed by atoms with Gasteiger partial charge in [-0.25, -0.2) is 0 Å². The first-order valence-corrected chi connectivity index (χ1v) is 6.47. The first-order valence-electron chi connectivity index (χ1n) is 6.47. The maximum Gasteiger partial charge on any atom is 0.227 e. The van der Waals surface area contributed by atoms with Gasteiger partial charge in [-0.15, -0.1) is 0 Å². The van der Waals surface area contributed by atoms with Crippen molar-refractivity contribution < 1.29 is 4.79 Å². The summed E-state index contributed by atoms with van der Waals surface area (Å²) in [6, 6.07) is 0.292. The van der Waals surface area contributed by atoms with E-state index in [0.29, 0.717) is 18.5 Å². The lowest BCUT2D eigenvalue weighted by Crippen LogP contribution is -2.45. The van der Waals surface area contributed by atoms with Crippen molar-refractivity contribution in [2.75, 3.05) is 13.1 Å². The van der Waals surface area contributed by atoms with Crippen LogP contribution in [0.1, 0.15) is 40.5 Å². The Morgan fingerprint density at radius 2 is 1.88 bits per heavy atom. The molecule has 1 saturated carbocycles. The minimum atomic E-state index is -0.0128. The van der Waals surface area contributed by atoms with Gasteiger partial charge in [-0.2, -0.15) is 0 Å². The Kier molecular flexibility index (Phi) is 4.78. The van der Waals surface area contributed by atoms with Crippen molar-refractivity contribution in [1.82, 2.24) is 4.90 Å². The van der Waals surface area contributed by atoms with Gasteiger partial charge in [-0.3, -0.25) is 4.79 Å². The van der Waals surface area contributed by atoms with Gasteiger partial charge in [0.15, 0.2) is 0 Å². The smallest absolute Gasteiger partial charge is 0.227 e. The maximum absolute atomic E-state index is 12.4. The van der Waals surface area contributed by atoms with Crippen molar-refractivity contribution in [3.8, 4) is 0 Å². The summed E-state index contributed by atoms with van der Waals surface area (Å²) in [4.78, 5) is 14.4. The Morgan fingerprint density at radius 1 is 1.31 bits per heavy atom. The van der Waals surface area contributed by atoms with Crippen LogP contribution in [0.15, 0.2) is 0 Å². The molecule has 3 heteroatoms. The van der Waals surface area contributed by atoms with Gasteiger partial charge in [-0.1, -0.05) is 13.8 Å². The zero-order chi connectivity index (χ0) is 12.3. The monoisotopic (exact) mass is 226 g/mol. The highest BCUT2D eigenvalue weighted by molar-refractivity contribution is 5.79. The number of rotatable bonds is 6. The van der Waals surface area contributed by atoms with E-state index < -0.39 is 0 Å². The van der Waals surface area contributed by atoms with E-state index in [1.54, 1.807) is 0 Å². The molecular formula is C13H26N2O. The topological polar surface area (TPSA) is 46.3 Å². The third kappa shape index (κ3) is 3.48. The van der Waals surface area contributed by atoms with Crippen LogP contribution in [0.5, 0.6) is 0 Å². The molecule has 1 unspecified atom stereocenters. The van der Waals surface area contributed by atoms with Gasteiger partial charge in [0.25, 0.3) is 0 Å². The molecule has 0 saturated heterocycles. The molecule has 1 rings (SSSR count). The van der Waals surface area contributed by atoms with Gasteiger partial charge >= 0.3 is 0 Å². The van der Waals surface area contributed by atoms with Crippen molar-refractivity contribution in [3.05, 3.63) is 0 Å². The summed E-state index contributed by atoms with van der Waals surface area (Å²) in [7, 11) is 0. The van der Waals surface area contributed by atoms with E-state index in [9.17, 15) is 4.79 Å². The lowest BCUT2D eigenvalue weighted by molar-refractivity contribution is -0.138. The van der Waals surface area contributed by atoms with E-state index in [2.05, 4.69) is 27.7 Å². The number of nitrogens with zero attached hydrogens (tertiary/aromatic N) is 1. The zero-order valence-corrected chi connectivity index (χ0v) is 11.1. The van der Waals surface area contributed by atoms with Crippen molar-refractivity contribution in [3.63, 3.8) is 0 Å². The van der Waals surface area contributed by atoms with E-state index in [4.69, 9.17) is 5.73 Å². The summed E-state index contributed by atoms with van der Waals surface area (Å²) in [6.07, 6.45) is 2.57. The van der Waals surface area contributed by atoms with Gasteiger partial charge in [0.1, 0.15) is 0 Å². The number of amides is 1. The van der Waals surface area contributed by atoms with Crippen molar-refractivity contribution in [2.24, 2.45) is 23.5 Å². The number of carbonyl (C=O) groups excluding carboxylic acids is 1. The fourth-order valence-electron chi connectivity index (χ4n) is 2.00. The minimum absolute atomic E-state index is 0.0128. The molecule has 1 aliphatic rings. The van der Waals surface area contributed by atoms with E-state index in [1.807, 2.05) is 4.90 Å². The molecule has 3 nitrogen and oxygen atoms in total. The van der Waals surface area contributed by atoms with Crippen molar-refractivity contribution >= 4 is 5.91 Å². The van der Waals surface area contributed by atoms with E-state index >= 15 is 0 Å². The molecule has 0 aromatic rings. The second-order valence-electron chi connectivity index (χ2n) is 5.61. The minimum Gasteiger partial charge on any atom is -0.340 e. The summed E-state index contributed by atoms with van der Waals surface area (Å²) in [5.41, 5.74) is 5.71. The Hall–Kier alpha value is -0.570. The lowest BCUT2D eigenvalue weighted by Gasteiger charge is -2.31. The van der Waals surface area contributed by atoms with E-state index in [1.165, 1.54) is 12.8 Å².